The summed E-state index contributed by atoms with van der Waals surface area (Å²) in [6, 6.07) is 11.8. The summed E-state index contributed by atoms with van der Waals surface area (Å²) in [6.07, 6.45) is 2.92. The van der Waals surface area contributed by atoms with Crippen LogP contribution in [-0.4, -0.2) is 26.9 Å². The number of nitrogens with zero attached hydrogens (tertiary/aromatic N) is 3. The molecule has 29 heavy (non-hydrogen) atoms. The van der Waals surface area contributed by atoms with Gasteiger partial charge in [0.05, 0.1) is 16.2 Å². The summed E-state index contributed by atoms with van der Waals surface area (Å²) in [7, 11) is 0. The highest BCUT2D eigenvalue weighted by molar-refractivity contribution is 6.10. The Labute approximate surface area is 164 Å². The minimum absolute atomic E-state index is 0.0710. The van der Waals surface area contributed by atoms with Crippen LogP contribution in [-0.2, 0) is 4.79 Å². The lowest BCUT2D eigenvalue weighted by molar-refractivity contribution is -0.384. The number of amides is 2. The maximum Gasteiger partial charge on any atom is 0.322 e. The molecule has 0 aliphatic carbocycles. The van der Waals surface area contributed by atoms with Crippen LogP contribution in [0.15, 0.2) is 65.1 Å². The summed E-state index contributed by atoms with van der Waals surface area (Å²) in [4.78, 5) is 34.5. The molecule has 1 aromatic heterocycles. The number of aromatic nitrogens is 2. The van der Waals surface area contributed by atoms with Crippen molar-refractivity contribution in [3.8, 4) is 11.5 Å². The molecule has 10 nitrogen and oxygen atoms in total. The van der Waals surface area contributed by atoms with E-state index in [0.29, 0.717) is 11.3 Å². The fraction of sp³-hybridized carbons (Fsp3) is 0.0526. The monoisotopic (exact) mass is 393 g/mol. The number of rotatable bonds is 6. The van der Waals surface area contributed by atoms with Crippen molar-refractivity contribution in [1.82, 2.24) is 10.2 Å². The average Bonchev–Trinajstić information content (AvgIpc) is 3.17. The number of benzene rings is 2. The highest BCUT2D eigenvalue weighted by Crippen LogP contribution is 2.23. The van der Waals surface area contributed by atoms with Gasteiger partial charge in [0.1, 0.15) is 0 Å². The van der Waals surface area contributed by atoms with Gasteiger partial charge < -0.3 is 9.73 Å². The number of allylic oxidation sites excluding steroid dienone is 1. The van der Waals surface area contributed by atoms with E-state index < -0.39 is 10.8 Å². The molecule has 0 fully saturated rings. The van der Waals surface area contributed by atoms with Crippen LogP contribution in [0.1, 0.15) is 17.3 Å². The van der Waals surface area contributed by atoms with Gasteiger partial charge in [-0.15, -0.1) is 5.10 Å². The Bertz CT molecular complexity index is 1090. The molecule has 0 saturated heterocycles. The highest BCUT2D eigenvalue weighted by Gasteiger charge is 2.16. The summed E-state index contributed by atoms with van der Waals surface area (Å²) >= 11 is 0. The van der Waals surface area contributed by atoms with Gasteiger partial charge in [-0.25, -0.2) is 0 Å². The number of nitro benzene ring substituents is 1. The molecule has 3 rings (SSSR count). The number of anilines is 2. The molecule has 0 atom stereocenters. The predicted molar refractivity (Wildman–Crippen MR) is 104 cm³/mol. The van der Waals surface area contributed by atoms with E-state index in [4.69, 9.17) is 4.42 Å². The second-order valence-electron chi connectivity index (χ2n) is 5.71. The van der Waals surface area contributed by atoms with E-state index in [1.54, 1.807) is 31.2 Å². The van der Waals surface area contributed by atoms with Gasteiger partial charge in [0, 0.05) is 17.7 Å². The normalized spacial score (nSPS) is 10.7. The molecule has 0 aliphatic rings. The van der Waals surface area contributed by atoms with E-state index in [-0.39, 0.29) is 29.1 Å². The zero-order chi connectivity index (χ0) is 20.8. The molecular weight excluding hydrogens is 378 g/mol. The largest absolute Gasteiger partial charge is 0.403 e. The van der Waals surface area contributed by atoms with Crippen LogP contribution in [0, 0.1) is 10.1 Å². The maximum absolute atomic E-state index is 12.6. The van der Waals surface area contributed by atoms with E-state index in [2.05, 4.69) is 20.8 Å². The van der Waals surface area contributed by atoms with Gasteiger partial charge in [0.15, 0.2) is 0 Å². The Hall–Kier alpha value is -4.34. The van der Waals surface area contributed by atoms with E-state index in [0.717, 1.165) is 0 Å². The Morgan fingerprint density at radius 2 is 1.79 bits per heavy atom. The van der Waals surface area contributed by atoms with Crippen molar-refractivity contribution in [3.63, 3.8) is 0 Å². The number of carbonyl (C=O) groups excluding carboxylic acids is 2. The fourth-order valence-electron chi connectivity index (χ4n) is 2.40. The van der Waals surface area contributed by atoms with Gasteiger partial charge in [-0.05, 0) is 37.3 Å². The third-order valence-corrected chi connectivity index (χ3v) is 3.72. The number of nitrogens with one attached hydrogen (secondary N) is 2. The molecule has 146 valence electrons. The van der Waals surface area contributed by atoms with Crippen LogP contribution in [0.5, 0.6) is 0 Å². The van der Waals surface area contributed by atoms with E-state index in [1.165, 1.54) is 36.4 Å². The minimum Gasteiger partial charge on any atom is -0.403 e. The molecule has 2 aromatic carbocycles. The van der Waals surface area contributed by atoms with E-state index >= 15 is 0 Å². The van der Waals surface area contributed by atoms with Gasteiger partial charge in [0.2, 0.25) is 11.8 Å². The summed E-state index contributed by atoms with van der Waals surface area (Å²) < 4.78 is 5.40. The van der Waals surface area contributed by atoms with Crippen molar-refractivity contribution in [1.29, 1.82) is 0 Å². The smallest absolute Gasteiger partial charge is 0.322 e. The molecule has 10 heteroatoms. The standard InChI is InChI=1S/C19H15N5O5/c1-2-5-16(25)20-15-7-4-3-6-14(15)17(26)21-19-23-22-18(29-19)12-8-10-13(11-9-12)24(27)28/h2-11H,1H3,(H,20,25)(H,21,23,26)/b5-2+. The zero-order valence-electron chi connectivity index (χ0n) is 15.2. The first-order valence-electron chi connectivity index (χ1n) is 8.40. The number of para-hydroxylation sites is 1. The highest BCUT2D eigenvalue weighted by atomic mass is 16.6. The van der Waals surface area contributed by atoms with Gasteiger partial charge >= 0.3 is 6.01 Å². The summed E-state index contributed by atoms with van der Waals surface area (Å²) in [5.74, 6) is -0.837. The number of hydrogen-bond acceptors (Lipinski definition) is 7. The molecule has 0 bridgehead atoms. The number of non-ortho nitro benzene ring substituents is 1. The van der Waals surface area contributed by atoms with Crippen LogP contribution < -0.4 is 10.6 Å². The van der Waals surface area contributed by atoms with Gasteiger partial charge in [-0.2, -0.15) is 0 Å². The van der Waals surface area contributed by atoms with Gasteiger partial charge in [-0.3, -0.25) is 25.0 Å². The Morgan fingerprint density at radius 1 is 1.07 bits per heavy atom. The molecule has 0 spiro atoms. The molecule has 0 radical (unpaired) electrons. The van der Waals surface area contributed by atoms with Crippen LogP contribution >= 0.6 is 0 Å². The van der Waals surface area contributed by atoms with Crippen molar-refractivity contribution in [3.05, 3.63) is 76.4 Å². The first-order valence-corrected chi connectivity index (χ1v) is 8.40. The Balaban J connectivity index is 1.75. The van der Waals surface area contributed by atoms with Crippen LogP contribution in [0.3, 0.4) is 0 Å². The van der Waals surface area contributed by atoms with Crippen LogP contribution in [0.4, 0.5) is 17.4 Å². The lowest BCUT2D eigenvalue weighted by Crippen LogP contribution is -2.17. The molecule has 0 unspecified atom stereocenters. The predicted octanol–water partition coefficient (Wildman–Crippen LogP) is 3.41. The van der Waals surface area contributed by atoms with Crippen molar-refractivity contribution in [2.45, 2.75) is 6.92 Å². The van der Waals surface area contributed by atoms with Gasteiger partial charge in [-0.1, -0.05) is 23.3 Å². The SMILES string of the molecule is C/C=C/C(=O)Nc1ccccc1C(=O)Nc1nnc(-c2ccc([N+](=O)[O-])cc2)o1. The molecule has 3 aromatic rings. The van der Waals surface area contributed by atoms with Gasteiger partial charge in [0.25, 0.3) is 11.6 Å². The molecule has 0 saturated carbocycles. The number of hydrogen-bond donors (Lipinski definition) is 2. The second kappa shape index (κ2) is 8.57. The van der Waals surface area contributed by atoms with Crippen molar-refractivity contribution >= 4 is 29.2 Å². The first kappa shape index (κ1) is 19.4. The summed E-state index contributed by atoms with van der Waals surface area (Å²) in [5.41, 5.74) is 0.921. The van der Waals surface area contributed by atoms with Crippen LogP contribution in [0.2, 0.25) is 0 Å². The molecule has 2 N–H and O–H groups in total. The van der Waals surface area contributed by atoms with Crippen molar-refractivity contribution in [2.75, 3.05) is 10.6 Å². The topological polar surface area (TPSA) is 140 Å². The van der Waals surface area contributed by atoms with Crippen LogP contribution in [0.25, 0.3) is 11.5 Å². The average molecular weight is 393 g/mol. The minimum atomic E-state index is -0.555. The lowest BCUT2D eigenvalue weighted by atomic mass is 10.1. The Morgan fingerprint density at radius 3 is 2.48 bits per heavy atom. The lowest BCUT2D eigenvalue weighted by Gasteiger charge is -2.08. The zero-order valence-corrected chi connectivity index (χ0v) is 15.2. The van der Waals surface area contributed by atoms with Crippen molar-refractivity contribution in [2.24, 2.45) is 0 Å². The van der Waals surface area contributed by atoms with Crippen molar-refractivity contribution < 1.29 is 18.9 Å². The maximum atomic E-state index is 12.6. The Kier molecular flexibility index (Phi) is 5.74. The molecule has 2 amide bonds. The van der Waals surface area contributed by atoms with E-state index in [9.17, 15) is 19.7 Å². The first-order chi connectivity index (χ1) is 14.0. The summed E-state index contributed by atoms with van der Waals surface area (Å²) in [6.45, 7) is 1.70. The number of nitro groups is 1. The van der Waals surface area contributed by atoms with E-state index in [1.807, 2.05) is 0 Å². The molecule has 0 aliphatic heterocycles. The third-order valence-electron chi connectivity index (χ3n) is 3.72. The number of carbonyl (C=O) groups is 2. The summed E-state index contributed by atoms with van der Waals surface area (Å²) in [5, 5.41) is 23.4. The molecule has 1 heterocycles. The third kappa shape index (κ3) is 4.69. The molecular formula is C19H15N5O5. The second-order valence-corrected chi connectivity index (χ2v) is 5.71. The fourth-order valence-corrected chi connectivity index (χ4v) is 2.40. The quantitative estimate of drug-likeness (QED) is 0.371.